The van der Waals surface area contributed by atoms with E-state index >= 15 is 0 Å². The first kappa shape index (κ1) is 17.4. The van der Waals surface area contributed by atoms with Crippen molar-refractivity contribution in [3.05, 3.63) is 18.1 Å². The third-order valence-electron chi connectivity index (χ3n) is 4.92. The fourth-order valence-corrected chi connectivity index (χ4v) is 3.77. The van der Waals surface area contributed by atoms with Crippen LogP contribution in [0.4, 0.5) is 10.2 Å². The van der Waals surface area contributed by atoms with Crippen molar-refractivity contribution >= 4 is 5.82 Å². The molecule has 134 valence electrons. The third kappa shape index (κ3) is 3.79. The fraction of sp³-hybridized carbons (Fsp3) is 0.706. The Kier molecular flexibility index (Phi) is 5.86. The molecule has 2 atom stereocenters. The second-order valence-corrected chi connectivity index (χ2v) is 6.44. The molecule has 6 nitrogen and oxygen atoms in total. The van der Waals surface area contributed by atoms with Crippen molar-refractivity contribution < 1.29 is 13.9 Å². The van der Waals surface area contributed by atoms with Gasteiger partial charge in [-0.05, 0) is 19.9 Å². The van der Waals surface area contributed by atoms with Gasteiger partial charge in [-0.25, -0.2) is 9.37 Å². The van der Waals surface area contributed by atoms with E-state index in [1.54, 1.807) is 13.3 Å². The molecule has 2 fully saturated rings. The molecule has 0 amide bonds. The van der Waals surface area contributed by atoms with E-state index < -0.39 is 0 Å². The Labute approximate surface area is 142 Å². The Balaban J connectivity index is 1.61. The predicted molar refractivity (Wildman–Crippen MR) is 91.2 cm³/mol. The lowest BCUT2D eigenvalue weighted by Crippen LogP contribution is -2.54. The summed E-state index contributed by atoms with van der Waals surface area (Å²) >= 11 is 0. The molecule has 0 radical (unpaired) electrons. The van der Waals surface area contributed by atoms with Gasteiger partial charge in [0.1, 0.15) is 12.4 Å². The zero-order chi connectivity index (χ0) is 16.9. The lowest BCUT2D eigenvalue weighted by Gasteiger charge is -2.40. The molecule has 0 spiro atoms. The van der Waals surface area contributed by atoms with Crippen LogP contribution in [-0.4, -0.2) is 75.5 Å². The number of anilines is 1. The Morgan fingerprint density at radius 1 is 1.33 bits per heavy atom. The number of nitrogens with one attached hydrogen (secondary N) is 1. The number of rotatable bonds is 7. The number of pyridine rings is 1. The van der Waals surface area contributed by atoms with Crippen molar-refractivity contribution in [2.75, 3.05) is 58.5 Å². The van der Waals surface area contributed by atoms with Crippen LogP contribution in [0.15, 0.2) is 12.3 Å². The number of likely N-dealkylation sites (N-methyl/N-ethyl adjacent to an activating group) is 1. The van der Waals surface area contributed by atoms with Crippen molar-refractivity contribution in [2.45, 2.75) is 24.9 Å². The van der Waals surface area contributed by atoms with Gasteiger partial charge >= 0.3 is 0 Å². The van der Waals surface area contributed by atoms with Crippen molar-refractivity contribution in [3.63, 3.8) is 0 Å². The number of methoxy groups -OCH3 is 1. The summed E-state index contributed by atoms with van der Waals surface area (Å²) in [5.41, 5.74) is 0. The maximum atomic E-state index is 14.4. The molecule has 3 rings (SSSR count). The largest absolute Gasteiger partial charge is 0.489 e. The summed E-state index contributed by atoms with van der Waals surface area (Å²) in [7, 11) is 3.61. The molecule has 24 heavy (non-hydrogen) atoms. The van der Waals surface area contributed by atoms with Gasteiger partial charge in [0.25, 0.3) is 0 Å². The first-order valence-electron chi connectivity index (χ1n) is 8.65. The third-order valence-corrected chi connectivity index (χ3v) is 4.92. The van der Waals surface area contributed by atoms with Crippen LogP contribution in [0, 0.1) is 5.82 Å². The van der Waals surface area contributed by atoms with E-state index in [0.29, 0.717) is 36.9 Å². The SMILES string of the molecule is CNC[C@@H]1CC[C@@H]2CN(c3ncc(OCCOC)cc3F)CCN21. The summed E-state index contributed by atoms with van der Waals surface area (Å²) in [5.74, 6) is 0.566. The number of halogens is 1. The van der Waals surface area contributed by atoms with Gasteiger partial charge in [0.05, 0.1) is 12.8 Å². The number of hydrogen-bond acceptors (Lipinski definition) is 6. The molecule has 2 aliphatic heterocycles. The zero-order valence-electron chi connectivity index (χ0n) is 14.5. The van der Waals surface area contributed by atoms with E-state index in [2.05, 4.69) is 20.1 Å². The average Bonchev–Trinajstić information content (AvgIpc) is 2.98. The molecule has 1 aromatic rings. The van der Waals surface area contributed by atoms with Crippen LogP contribution < -0.4 is 15.0 Å². The van der Waals surface area contributed by atoms with Crippen molar-refractivity contribution in [1.82, 2.24) is 15.2 Å². The zero-order valence-corrected chi connectivity index (χ0v) is 14.5. The second-order valence-electron chi connectivity index (χ2n) is 6.44. The highest BCUT2D eigenvalue weighted by molar-refractivity contribution is 5.43. The number of piperazine rings is 1. The van der Waals surface area contributed by atoms with Gasteiger partial charge < -0.3 is 19.7 Å². The molecule has 0 aromatic carbocycles. The summed E-state index contributed by atoms with van der Waals surface area (Å²) in [4.78, 5) is 8.93. The minimum Gasteiger partial charge on any atom is -0.489 e. The van der Waals surface area contributed by atoms with Gasteiger partial charge in [-0.3, -0.25) is 4.90 Å². The Morgan fingerprint density at radius 2 is 2.21 bits per heavy atom. The van der Waals surface area contributed by atoms with Gasteiger partial charge in [0.15, 0.2) is 11.6 Å². The van der Waals surface area contributed by atoms with Crippen molar-refractivity contribution in [2.24, 2.45) is 0 Å². The normalized spacial score (nSPS) is 24.2. The van der Waals surface area contributed by atoms with Gasteiger partial charge in [-0.2, -0.15) is 0 Å². The van der Waals surface area contributed by atoms with E-state index in [0.717, 1.165) is 26.2 Å². The molecule has 0 aliphatic carbocycles. The molecule has 7 heteroatoms. The van der Waals surface area contributed by atoms with E-state index in [4.69, 9.17) is 9.47 Å². The Morgan fingerprint density at radius 3 is 2.96 bits per heavy atom. The summed E-state index contributed by atoms with van der Waals surface area (Å²) < 4.78 is 24.8. The minimum absolute atomic E-state index is 0.317. The summed E-state index contributed by atoms with van der Waals surface area (Å²) in [6.45, 7) is 4.50. The maximum absolute atomic E-state index is 14.4. The van der Waals surface area contributed by atoms with Gasteiger partial charge in [0, 0.05) is 51.4 Å². The van der Waals surface area contributed by atoms with Crippen LogP contribution in [0.3, 0.4) is 0 Å². The molecule has 1 aromatic heterocycles. The van der Waals surface area contributed by atoms with E-state index in [-0.39, 0.29) is 5.82 Å². The topological polar surface area (TPSA) is 49.9 Å². The molecular formula is C17H27FN4O2. The Bertz CT molecular complexity index is 545. The number of hydrogen-bond donors (Lipinski definition) is 1. The number of fused-ring (bicyclic) bond motifs is 1. The predicted octanol–water partition coefficient (Wildman–Crippen LogP) is 1.12. The molecular weight excluding hydrogens is 311 g/mol. The van der Waals surface area contributed by atoms with Crippen LogP contribution in [0.25, 0.3) is 0 Å². The lowest BCUT2D eigenvalue weighted by molar-refractivity contribution is 0.146. The van der Waals surface area contributed by atoms with E-state index in [1.807, 2.05) is 7.05 Å². The van der Waals surface area contributed by atoms with Crippen LogP contribution in [0.1, 0.15) is 12.8 Å². The highest BCUT2D eigenvalue weighted by Gasteiger charge is 2.37. The van der Waals surface area contributed by atoms with E-state index in [1.165, 1.54) is 18.9 Å². The summed E-state index contributed by atoms with van der Waals surface area (Å²) in [5, 5.41) is 3.27. The van der Waals surface area contributed by atoms with Crippen LogP contribution >= 0.6 is 0 Å². The molecule has 1 N–H and O–H groups in total. The van der Waals surface area contributed by atoms with Crippen LogP contribution in [0.2, 0.25) is 0 Å². The standard InChI is InChI=1S/C17H27FN4O2/c1-19-10-13-3-4-14-12-21(5-6-22(13)14)17-16(18)9-15(11-20-17)24-8-7-23-2/h9,11,13-14,19H,3-8,10,12H2,1-2H3/t13-,14+/m0/s1. The maximum Gasteiger partial charge on any atom is 0.169 e. The highest BCUT2D eigenvalue weighted by atomic mass is 19.1. The van der Waals surface area contributed by atoms with Crippen molar-refractivity contribution in [1.29, 1.82) is 0 Å². The van der Waals surface area contributed by atoms with E-state index in [9.17, 15) is 4.39 Å². The first-order valence-corrected chi connectivity index (χ1v) is 8.65. The fourth-order valence-electron chi connectivity index (χ4n) is 3.77. The number of aromatic nitrogens is 1. The summed E-state index contributed by atoms with van der Waals surface area (Å²) in [6, 6.07) is 2.52. The second kappa shape index (κ2) is 8.09. The first-order chi connectivity index (χ1) is 11.7. The van der Waals surface area contributed by atoms with Gasteiger partial charge in [0.2, 0.25) is 0 Å². The molecule has 0 bridgehead atoms. The number of nitrogens with zero attached hydrogens (tertiary/aromatic N) is 3. The van der Waals surface area contributed by atoms with Crippen molar-refractivity contribution in [3.8, 4) is 5.75 Å². The smallest absolute Gasteiger partial charge is 0.169 e. The lowest BCUT2D eigenvalue weighted by atomic mass is 10.1. The minimum atomic E-state index is -0.317. The highest BCUT2D eigenvalue weighted by Crippen LogP contribution is 2.30. The molecule has 0 unspecified atom stereocenters. The van der Waals surface area contributed by atoms with Crippen LogP contribution in [0.5, 0.6) is 5.75 Å². The number of ether oxygens (including phenoxy) is 2. The van der Waals surface area contributed by atoms with Gasteiger partial charge in [-0.1, -0.05) is 0 Å². The van der Waals surface area contributed by atoms with Gasteiger partial charge in [-0.15, -0.1) is 0 Å². The quantitative estimate of drug-likeness (QED) is 0.752. The average molecular weight is 338 g/mol. The summed E-state index contributed by atoms with van der Waals surface area (Å²) in [6.07, 6.45) is 3.98. The monoisotopic (exact) mass is 338 g/mol. The molecule has 2 saturated heterocycles. The Hall–Kier alpha value is -1.44. The molecule has 0 saturated carbocycles. The van der Waals surface area contributed by atoms with Crippen LogP contribution in [-0.2, 0) is 4.74 Å². The molecule has 2 aliphatic rings. The molecule has 3 heterocycles.